The molecule has 2 N–H and O–H groups in total. The molecule has 16 heavy (non-hydrogen) atoms. The van der Waals surface area contributed by atoms with Crippen molar-refractivity contribution in [1.82, 2.24) is 10.6 Å². The highest BCUT2D eigenvalue weighted by Crippen LogP contribution is 2.22. The summed E-state index contributed by atoms with van der Waals surface area (Å²) in [6.07, 6.45) is 2.98. The molecule has 0 amide bonds. The van der Waals surface area contributed by atoms with E-state index in [2.05, 4.69) is 17.6 Å². The third-order valence-corrected chi connectivity index (χ3v) is 3.21. The second-order valence-electron chi connectivity index (χ2n) is 4.39. The Balaban J connectivity index is 1.90. The molecule has 2 rings (SSSR count). The van der Waals surface area contributed by atoms with Crippen LogP contribution in [0.5, 0.6) is 0 Å². The van der Waals surface area contributed by atoms with Crippen molar-refractivity contribution in [2.45, 2.75) is 32.2 Å². The number of unbranched alkanes of at least 4 members (excludes halogenated alkanes) is 1. The molecule has 0 radical (unpaired) electrons. The molecular formula is C12H20N2O2. The Morgan fingerprint density at radius 3 is 3.19 bits per heavy atom. The second-order valence-corrected chi connectivity index (χ2v) is 4.39. The predicted octanol–water partition coefficient (Wildman–Crippen LogP) is 0.591. The molecule has 1 atom stereocenters. The zero-order chi connectivity index (χ0) is 11.4. The van der Waals surface area contributed by atoms with Crippen molar-refractivity contribution in [3.8, 4) is 0 Å². The maximum atomic E-state index is 11.8. The fourth-order valence-electron chi connectivity index (χ4n) is 2.25. The molecule has 0 saturated heterocycles. The van der Waals surface area contributed by atoms with E-state index in [1.807, 2.05) is 0 Å². The predicted molar refractivity (Wildman–Crippen MR) is 62.2 cm³/mol. The van der Waals surface area contributed by atoms with Crippen molar-refractivity contribution in [3.05, 3.63) is 11.1 Å². The Labute approximate surface area is 96.4 Å². The standard InChI is InChI=1S/C12H20N2O2/c1-2-3-6-16-12(15)11-10-4-5-13-7-9(10)8-14-11/h11,13-14H,2-8H2,1H3. The van der Waals surface area contributed by atoms with E-state index in [4.69, 9.17) is 4.74 Å². The smallest absolute Gasteiger partial charge is 0.327 e. The topological polar surface area (TPSA) is 50.4 Å². The quantitative estimate of drug-likeness (QED) is 0.417. The van der Waals surface area contributed by atoms with Crippen LogP contribution in [0.15, 0.2) is 11.1 Å². The van der Waals surface area contributed by atoms with Crippen molar-refractivity contribution in [3.63, 3.8) is 0 Å². The average Bonchev–Trinajstić information content (AvgIpc) is 2.73. The van der Waals surface area contributed by atoms with Gasteiger partial charge in [-0.1, -0.05) is 13.3 Å². The van der Waals surface area contributed by atoms with Crippen molar-refractivity contribution in [2.75, 3.05) is 26.2 Å². The molecule has 0 spiro atoms. The van der Waals surface area contributed by atoms with Gasteiger partial charge in [-0.05, 0) is 30.5 Å². The Kier molecular flexibility index (Phi) is 3.96. The minimum atomic E-state index is -0.172. The normalized spacial score (nSPS) is 24.4. The van der Waals surface area contributed by atoms with Crippen molar-refractivity contribution < 1.29 is 9.53 Å². The number of carbonyl (C=O) groups excluding carboxylic acids is 1. The highest BCUT2D eigenvalue weighted by molar-refractivity contribution is 5.81. The molecule has 2 aliphatic rings. The first kappa shape index (κ1) is 11.6. The fraction of sp³-hybridized carbons (Fsp3) is 0.750. The summed E-state index contributed by atoms with van der Waals surface area (Å²) in [6.45, 7) is 5.36. The number of ether oxygens (including phenoxy) is 1. The Hall–Kier alpha value is -0.870. The molecule has 0 aromatic heterocycles. The van der Waals surface area contributed by atoms with Crippen molar-refractivity contribution >= 4 is 5.97 Å². The Morgan fingerprint density at radius 2 is 2.38 bits per heavy atom. The largest absolute Gasteiger partial charge is 0.464 e. The van der Waals surface area contributed by atoms with Gasteiger partial charge in [0.05, 0.1) is 6.61 Å². The minimum Gasteiger partial charge on any atom is -0.464 e. The van der Waals surface area contributed by atoms with Crippen LogP contribution in [-0.4, -0.2) is 38.3 Å². The van der Waals surface area contributed by atoms with Crippen LogP contribution in [0.3, 0.4) is 0 Å². The van der Waals surface area contributed by atoms with Crippen molar-refractivity contribution in [2.24, 2.45) is 0 Å². The molecule has 4 nitrogen and oxygen atoms in total. The maximum absolute atomic E-state index is 11.8. The zero-order valence-corrected chi connectivity index (χ0v) is 9.84. The molecular weight excluding hydrogens is 204 g/mol. The molecule has 0 aliphatic carbocycles. The molecule has 0 bridgehead atoms. The summed E-state index contributed by atoms with van der Waals surface area (Å²) in [5, 5.41) is 6.55. The lowest BCUT2D eigenvalue weighted by Crippen LogP contribution is -2.36. The molecule has 0 saturated carbocycles. The lowest BCUT2D eigenvalue weighted by atomic mass is 9.99. The van der Waals surface area contributed by atoms with Gasteiger partial charge in [-0.15, -0.1) is 0 Å². The van der Waals surface area contributed by atoms with E-state index in [1.54, 1.807) is 0 Å². The van der Waals surface area contributed by atoms with Crippen molar-refractivity contribution in [1.29, 1.82) is 0 Å². The van der Waals surface area contributed by atoms with E-state index in [-0.39, 0.29) is 12.0 Å². The molecule has 0 aromatic carbocycles. The summed E-state index contributed by atoms with van der Waals surface area (Å²) >= 11 is 0. The van der Waals surface area contributed by atoms with Crippen LogP contribution in [0.2, 0.25) is 0 Å². The number of nitrogens with one attached hydrogen (secondary N) is 2. The third kappa shape index (κ3) is 2.44. The van der Waals surface area contributed by atoms with Gasteiger partial charge in [0.25, 0.3) is 0 Å². The second kappa shape index (κ2) is 5.46. The summed E-state index contributed by atoms with van der Waals surface area (Å²) in [4.78, 5) is 11.8. The van der Waals surface area contributed by atoms with Gasteiger partial charge in [0.15, 0.2) is 0 Å². The first-order valence-electron chi connectivity index (χ1n) is 6.14. The summed E-state index contributed by atoms with van der Waals surface area (Å²) in [6, 6.07) is -0.172. The van der Waals surface area contributed by atoms with Crippen LogP contribution >= 0.6 is 0 Å². The van der Waals surface area contributed by atoms with Crippen LogP contribution in [0.1, 0.15) is 26.2 Å². The number of hydrogen-bond donors (Lipinski definition) is 2. The van der Waals surface area contributed by atoms with Gasteiger partial charge in [0, 0.05) is 13.1 Å². The molecule has 90 valence electrons. The molecule has 2 aliphatic heterocycles. The van der Waals surface area contributed by atoms with E-state index in [0.717, 1.165) is 38.9 Å². The summed E-state index contributed by atoms with van der Waals surface area (Å²) in [7, 11) is 0. The monoisotopic (exact) mass is 224 g/mol. The van der Waals surface area contributed by atoms with Crippen LogP contribution in [-0.2, 0) is 9.53 Å². The van der Waals surface area contributed by atoms with Gasteiger partial charge in [-0.2, -0.15) is 0 Å². The number of rotatable bonds is 4. The highest BCUT2D eigenvalue weighted by Gasteiger charge is 2.32. The van der Waals surface area contributed by atoms with Gasteiger partial charge in [-0.25, -0.2) is 4.79 Å². The van der Waals surface area contributed by atoms with E-state index < -0.39 is 0 Å². The van der Waals surface area contributed by atoms with E-state index in [1.165, 1.54) is 11.1 Å². The summed E-state index contributed by atoms with van der Waals surface area (Å²) < 4.78 is 5.26. The van der Waals surface area contributed by atoms with Gasteiger partial charge >= 0.3 is 5.97 Å². The minimum absolute atomic E-state index is 0.0969. The zero-order valence-electron chi connectivity index (χ0n) is 9.84. The Morgan fingerprint density at radius 1 is 1.50 bits per heavy atom. The Bertz CT molecular complexity index is 299. The van der Waals surface area contributed by atoms with Gasteiger partial charge in [0.2, 0.25) is 0 Å². The van der Waals surface area contributed by atoms with Crippen LogP contribution in [0.25, 0.3) is 0 Å². The van der Waals surface area contributed by atoms with Gasteiger partial charge in [-0.3, -0.25) is 5.32 Å². The maximum Gasteiger partial charge on any atom is 0.327 e. The van der Waals surface area contributed by atoms with E-state index >= 15 is 0 Å². The summed E-state index contributed by atoms with van der Waals surface area (Å²) in [5.41, 5.74) is 2.61. The SMILES string of the molecule is CCCCOC(=O)C1NCC2=C1CCNC2. The van der Waals surface area contributed by atoms with E-state index in [9.17, 15) is 4.79 Å². The summed E-state index contributed by atoms with van der Waals surface area (Å²) in [5.74, 6) is -0.0969. The molecule has 4 heteroatoms. The average molecular weight is 224 g/mol. The van der Waals surface area contributed by atoms with Crippen LogP contribution in [0, 0.1) is 0 Å². The van der Waals surface area contributed by atoms with Crippen LogP contribution in [0.4, 0.5) is 0 Å². The lowest BCUT2D eigenvalue weighted by molar-refractivity contribution is -0.145. The first-order valence-corrected chi connectivity index (χ1v) is 6.14. The molecule has 1 unspecified atom stereocenters. The lowest BCUT2D eigenvalue weighted by Gasteiger charge is -2.18. The number of carbonyl (C=O) groups is 1. The van der Waals surface area contributed by atoms with E-state index in [0.29, 0.717) is 6.61 Å². The first-order chi connectivity index (χ1) is 7.83. The molecule has 0 fully saturated rings. The van der Waals surface area contributed by atoms with Gasteiger partial charge < -0.3 is 10.1 Å². The molecule has 0 aromatic rings. The number of esters is 1. The highest BCUT2D eigenvalue weighted by atomic mass is 16.5. The third-order valence-electron chi connectivity index (χ3n) is 3.21. The fourth-order valence-corrected chi connectivity index (χ4v) is 2.25. The molecule has 2 heterocycles. The van der Waals surface area contributed by atoms with Gasteiger partial charge in [0.1, 0.15) is 6.04 Å². The van der Waals surface area contributed by atoms with Crippen LogP contribution < -0.4 is 10.6 Å². The number of hydrogen-bond acceptors (Lipinski definition) is 4.